The summed E-state index contributed by atoms with van der Waals surface area (Å²) in [7, 11) is 0. The molecular weight excluding hydrogens is 176 g/mol. The molecule has 0 aliphatic rings. The number of rotatable bonds is 2. The van der Waals surface area contributed by atoms with Crippen LogP contribution >= 0.6 is 0 Å². The molecule has 0 aromatic carbocycles. The summed E-state index contributed by atoms with van der Waals surface area (Å²) in [6, 6.07) is -1.52. The molecule has 1 atom stereocenters. The molecule has 56 valence electrons. The van der Waals surface area contributed by atoms with Crippen LogP contribution < -0.4 is 69.3 Å². The zero-order valence-corrected chi connectivity index (χ0v) is 10.7. The van der Waals surface area contributed by atoms with Crippen LogP contribution in [0.25, 0.3) is 0 Å². The monoisotopic (exact) mass is 183 g/mol. The molecule has 2 N–H and O–H groups in total. The maximum atomic E-state index is 9.67. The van der Waals surface area contributed by atoms with Gasteiger partial charge in [-0.05, 0) is 0 Å². The predicted octanol–water partition coefficient (Wildman–Crippen LogP) is -9.12. The van der Waals surface area contributed by atoms with Crippen molar-refractivity contribution in [2.24, 2.45) is 0 Å². The van der Waals surface area contributed by atoms with Crippen LogP contribution in [0, 0.1) is 10.1 Å². The van der Waals surface area contributed by atoms with Gasteiger partial charge in [0.2, 0.25) is 0 Å². The predicted molar refractivity (Wildman–Crippen MR) is 23.9 cm³/mol. The van der Waals surface area contributed by atoms with Gasteiger partial charge in [0, 0.05) is 11.8 Å². The van der Waals surface area contributed by atoms with E-state index >= 15 is 0 Å². The molecule has 0 rings (SSSR count). The third-order valence-corrected chi connectivity index (χ3v) is 0.726. The molecule has 0 saturated heterocycles. The first-order chi connectivity index (χ1) is 3.55. The fourth-order valence-electron chi connectivity index (χ4n) is 0.0994. The summed E-state index contributed by atoms with van der Waals surface area (Å²) < 4.78 is 0. The first-order valence-electron chi connectivity index (χ1n) is 2.01. The Morgan fingerprint density at radius 1 is 1.27 bits per heavy atom. The Kier molecular flexibility index (Phi) is 23.4. The summed E-state index contributed by atoms with van der Waals surface area (Å²) in [4.78, 5) is 8.66. The second kappa shape index (κ2) is 11.3. The molecule has 0 aliphatic carbocycles. The summed E-state index contributed by atoms with van der Waals surface area (Å²) in [6.07, 6.45) is -2.36. The molecule has 0 aliphatic heterocycles. The Morgan fingerprint density at radius 3 is 1.55 bits per heavy atom. The van der Waals surface area contributed by atoms with Gasteiger partial charge in [-0.3, -0.25) is 10.1 Å². The smallest absolute Gasteiger partial charge is 0.861 e. The van der Waals surface area contributed by atoms with Crippen LogP contribution in [0.3, 0.4) is 0 Å². The summed E-state index contributed by atoms with van der Waals surface area (Å²) in [5.74, 6) is 0. The largest absolute Gasteiger partial charge is 1.00 e. The van der Waals surface area contributed by atoms with Crippen molar-refractivity contribution < 1.29 is 79.7 Å². The first kappa shape index (κ1) is 22.8. The molecule has 0 amide bonds. The van der Waals surface area contributed by atoms with E-state index in [0.717, 1.165) is 6.92 Å². The molecule has 8 heteroatoms. The van der Waals surface area contributed by atoms with Gasteiger partial charge in [-0.2, -0.15) is 6.29 Å². The van der Waals surface area contributed by atoms with E-state index in [0.29, 0.717) is 0 Å². The minimum absolute atomic E-state index is 0. The Morgan fingerprint density at radius 2 is 1.55 bits per heavy atom. The minimum atomic E-state index is -2.36. The second-order valence-electron chi connectivity index (χ2n) is 1.39. The minimum Gasteiger partial charge on any atom is -0.861 e. The van der Waals surface area contributed by atoms with Crippen LogP contribution in [0.1, 0.15) is 6.92 Å². The van der Waals surface area contributed by atoms with E-state index < -0.39 is 17.3 Å². The molecule has 0 aromatic heterocycles. The van der Waals surface area contributed by atoms with Crippen LogP contribution in [0.15, 0.2) is 0 Å². The van der Waals surface area contributed by atoms with Crippen molar-refractivity contribution in [3.63, 3.8) is 0 Å². The maximum absolute atomic E-state index is 9.67. The SMILES string of the molecule is CC(C([O-])[O-])[N+](=O)[O-].O.[Na+].[Na+]. The number of nitrogens with zero attached hydrogens (tertiary/aromatic N) is 1. The van der Waals surface area contributed by atoms with E-state index in [1.807, 2.05) is 0 Å². The van der Waals surface area contributed by atoms with Gasteiger partial charge in [-0.15, -0.1) is 0 Å². The molecule has 0 fully saturated rings. The van der Waals surface area contributed by atoms with E-state index in [4.69, 9.17) is 0 Å². The standard InChI is InChI=1S/C3H5NO4.2Na.H2O/c1-2(3(5)6)4(7)8;;;/h2-3H,1H3;;;1H2/q-2;2*+1;. The normalized spacial score (nSPS) is 10.2. The maximum Gasteiger partial charge on any atom is 1.00 e. The Bertz CT molecular complexity index is 99.7. The van der Waals surface area contributed by atoms with E-state index in [2.05, 4.69) is 0 Å². The van der Waals surface area contributed by atoms with Crippen LogP contribution in [0.2, 0.25) is 0 Å². The van der Waals surface area contributed by atoms with Crippen LogP contribution in [-0.2, 0) is 0 Å². The van der Waals surface area contributed by atoms with Gasteiger partial charge >= 0.3 is 59.1 Å². The summed E-state index contributed by atoms with van der Waals surface area (Å²) >= 11 is 0. The summed E-state index contributed by atoms with van der Waals surface area (Å²) in [5, 5.41) is 28.9. The van der Waals surface area contributed by atoms with Crippen molar-refractivity contribution in [2.75, 3.05) is 0 Å². The second-order valence-corrected chi connectivity index (χ2v) is 1.39. The molecule has 1 unspecified atom stereocenters. The van der Waals surface area contributed by atoms with E-state index in [-0.39, 0.29) is 64.6 Å². The number of nitro groups is 1. The molecule has 0 bridgehead atoms. The molecule has 0 aromatic rings. The Hall–Kier alpha value is 1.28. The van der Waals surface area contributed by atoms with Crippen LogP contribution in [0.4, 0.5) is 0 Å². The molecule has 0 radical (unpaired) electrons. The van der Waals surface area contributed by atoms with Crippen molar-refractivity contribution in [1.82, 2.24) is 0 Å². The van der Waals surface area contributed by atoms with Gasteiger partial charge in [0.1, 0.15) is 0 Å². The zero-order valence-electron chi connectivity index (χ0n) is 6.73. The average Bonchev–Trinajstić information content (AvgIpc) is 1.64. The summed E-state index contributed by atoms with van der Waals surface area (Å²) in [5.41, 5.74) is 0. The van der Waals surface area contributed by atoms with Gasteiger partial charge in [-0.1, -0.05) is 0 Å². The zero-order chi connectivity index (χ0) is 6.73. The van der Waals surface area contributed by atoms with Gasteiger partial charge in [0.15, 0.2) is 6.04 Å². The van der Waals surface area contributed by atoms with E-state index in [1.165, 1.54) is 0 Å². The molecule has 0 spiro atoms. The van der Waals surface area contributed by atoms with Crippen molar-refractivity contribution in [2.45, 2.75) is 19.3 Å². The van der Waals surface area contributed by atoms with Crippen molar-refractivity contribution in [3.8, 4) is 0 Å². The third-order valence-electron chi connectivity index (χ3n) is 0.726. The fraction of sp³-hybridized carbons (Fsp3) is 1.00. The van der Waals surface area contributed by atoms with E-state index in [1.54, 1.807) is 0 Å². The van der Waals surface area contributed by atoms with Crippen LogP contribution in [0.5, 0.6) is 0 Å². The Labute approximate surface area is 108 Å². The molecular formula is C3H7NNa2O5. The van der Waals surface area contributed by atoms with Crippen LogP contribution in [-0.4, -0.2) is 22.7 Å². The van der Waals surface area contributed by atoms with Crippen molar-refractivity contribution >= 4 is 0 Å². The van der Waals surface area contributed by atoms with Crippen molar-refractivity contribution in [1.29, 1.82) is 0 Å². The summed E-state index contributed by atoms with van der Waals surface area (Å²) in [6.45, 7) is 0.991. The van der Waals surface area contributed by atoms with E-state index in [9.17, 15) is 20.3 Å². The Balaban J connectivity index is -0.0000000817. The molecule has 6 nitrogen and oxygen atoms in total. The number of hydrogen-bond donors (Lipinski definition) is 0. The van der Waals surface area contributed by atoms with Gasteiger partial charge in [-0.25, -0.2) is 0 Å². The fourth-order valence-corrected chi connectivity index (χ4v) is 0.0994. The van der Waals surface area contributed by atoms with Crippen molar-refractivity contribution in [3.05, 3.63) is 10.1 Å². The van der Waals surface area contributed by atoms with Gasteiger partial charge < -0.3 is 15.7 Å². The molecule has 0 heterocycles. The average molecular weight is 183 g/mol. The topological polar surface area (TPSA) is 121 Å². The van der Waals surface area contributed by atoms with Gasteiger partial charge in [0.05, 0.1) is 0 Å². The first-order valence-corrected chi connectivity index (χ1v) is 2.01. The quantitative estimate of drug-likeness (QED) is 0.182. The number of hydrogen-bond acceptors (Lipinski definition) is 4. The molecule has 0 saturated carbocycles. The van der Waals surface area contributed by atoms with Gasteiger partial charge in [0.25, 0.3) is 0 Å². The third kappa shape index (κ3) is 11.3. The molecule has 11 heavy (non-hydrogen) atoms.